The first-order valence-electron chi connectivity index (χ1n) is 8.22. The number of hydrogen-bond donors (Lipinski definition) is 1. The maximum atomic E-state index is 12.7. The van der Waals surface area contributed by atoms with Gasteiger partial charge in [0, 0.05) is 5.56 Å². The molecule has 2 aromatic carbocycles. The third-order valence-electron chi connectivity index (χ3n) is 3.91. The fourth-order valence-corrected chi connectivity index (χ4v) is 2.91. The summed E-state index contributed by atoms with van der Waals surface area (Å²) in [6.07, 6.45) is -3.48. The molecule has 0 aliphatic heterocycles. The highest BCUT2D eigenvalue weighted by molar-refractivity contribution is 7.93. The third kappa shape index (κ3) is 5.88. The second-order valence-electron chi connectivity index (χ2n) is 6.29. The Balaban J connectivity index is 2.15. The van der Waals surface area contributed by atoms with E-state index in [4.69, 9.17) is 4.84 Å². The van der Waals surface area contributed by atoms with E-state index in [2.05, 4.69) is 5.16 Å². The predicted molar refractivity (Wildman–Crippen MR) is 98.3 cm³/mol. The Morgan fingerprint density at radius 3 is 2.27 bits per heavy atom. The average molecular weight is 454 g/mol. The smallest absolute Gasteiger partial charge is 0.391 e. The number of rotatable bonds is 6. The maximum Gasteiger partial charge on any atom is 0.516 e. The summed E-state index contributed by atoms with van der Waals surface area (Å²) in [6.45, 7) is 2.89. The van der Waals surface area contributed by atoms with Crippen molar-refractivity contribution in [2.24, 2.45) is 5.16 Å². The van der Waals surface area contributed by atoms with Crippen LogP contribution in [0.2, 0.25) is 0 Å². The van der Waals surface area contributed by atoms with Gasteiger partial charge in [-0.2, -0.15) is 34.8 Å². The Morgan fingerprint density at radius 2 is 1.70 bits per heavy atom. The number of hydrogen-bond acceptors (Lipinski definition) is 4. The molecule has 0 saturated heterocycles. The molecule has 5 nitrogen and oxygen atoms in total. The standard InChI is InChI=1S/C18H16F6N2O3S/c1-11-3-6-16(26-30(27,28)18(22,23)24)14(7-11)9-25-29-10-13-4-5-15(8-12(13)2)17(19,20)21/h3-9,26H,10H2,1-2H3/b25-9+. The van der Waals surface area contributed by atoms with Crippen molar-refractivity contribution < 1.29 is 39.6 Å². The van der Waals surface area contributed by atoms with Gasteiger partial charge in [-0.05, 0) is 49.2 Å². The molecule has 0 heterocycles. The van der Waals surface area contributed by atoms with Crippen molar-refractivity contribution in [2.45, 2.75) is 32.1 Å². The number of nitrogens with zero attached hydrogens (tertiary/aromatic N) is 1. The zero-order valence-electron chi connectivity index (χ0n) is 15.6. The monoisotopic (exact) mass is 454 g/mol. The van der Waals surface area contributed by atoms with Gasteiger partial charge in [-0.15, -0.1) is 0 Å². The summed E-state index contributed by atoms with van der Waals surface area (Å²) in [7, 11) is -5.63. The van der Waals surface area contributed by atoms with Gasteiger partial charge < -0.3 is 4.84 Å². The van der Waals surface area contributed by atoms with Crippen LogP contribution < -0.4 is 4.72 Å². The molecule has 0 saturated carbocycles. The lowest BCUT2D eigenvalue weighted by Crippen LogP contribution is -2.30. The topological polar surface area (TPSA) is 67.8 Å². The molecular weight excluding hydrogens is 438 g/mol. The Morgan fingerprint density at radius 1 is 1.03 bits per heavy atom. The quantitative estimate of drug-likeness (QED) is 0.374. The lowest BCUT2D eigenvalue weighted by atomic mass is 10.1. The van der Waals surface area contributed by atoms with Crippen LogP contribution in [0.4, 0.5) is 32.0 Å². The van der Waals surface area contributed by atoms with Gasteiger partial charge in [-0.1, -0.05) is 22.9 Å². The minimum atomic E-state index is -5.63. The molecule has 0 amide bonds. The first kappa shape index (κ1) is 23.5. The maximum absolute atomic E-state index is 12.7. The van der Waals surface area contributed by atoms with Crippen LogP contribution in [0.3, 0.4) is 0 Å². The number of anilines is 1. The second-order valence-corrected chi connectivity index (χ2v) is 7.96. The first-order valence-corrected chi connectivity index (χ1v) is 9.71. The summed E-state index contributed by atoms with van der Waals surface area (Å²) in [5.41, 5.74) is -5.32. The van der Waals surface area contributed by atoms with Gasteiger partial charge >= 0.3 is 21.7 Å². The van der Waals surface area contributed by atoms with E-state index in [0.29, 0.717) is 16.7 Å². The summed E-state index contributed by atoms with van der Waals surface area (Å²) in [5.74, 6) is 0. The van der Waals surface area contributed by atoms with E-state index in [9.17, 15) is 34.8 Å². The van der Waals surface area contributed by atoms with E-state index in [0.717, 1.165) is 24.4 Å². The molecule has 0 unspecified atom stereocenters. The van der Waals surface area contributed by atoms with Crippen molar-refractivity contribution >= 4 is 21.9 Å². The van der Waals surface area contributed by atoms with Crippen LogP contribution in [0.1, 0.15) is 27.8 Å². The second kappa shape index (κ2) is 8.54. The van der Waals surface area contributed by atoms with Crippen molar-refractivity contribution in [3.63, 3.8) is 0 Å². The van der Waals surface area contributed by atoms with Crippen molar-refractivity contribution in [1.82, 2.24) is 0 Å². The Kier molecular flexibility index (Phi) is 6.70. The van der Waals surface area contributed by atoms with Gasteiger partial charge in [0.25, 0.3) is 0 Å². The lowest BCUT2D eigenvalue weighted by molar-refractivity contribution is -0.137. The summed E-state index contributed by atoms with van der Waals surface area (Å²) >= 11 is 0. The molecular formula is C18H16F6N2O3S. The third-order valence-corrected chi connectivity index (χ3v) is 5.01. The minimum Gasteiger partial charge on any atom is -0.391 e. The van der Waals surface area contributed by atoms with Crippen LogP contribution in [-0.4, -0.2) is 20.1 Å². The fraction of sp³-hybridized carbons (Fsp3) is 0.278. The summed E-state index contributed by atoms with van der Waals surface area (Å²) in [6, 6.07) is 6.98. The van der Waals surface area contributed by atoms with Crippen LogP contribution >= 0.6 is 0 Å². The average Bonchev–Trinajstić information content (AvgIpc) is 2.60. The first-order chi connectivity index (χ1) is 13.7. The highest BCUT2D eigenvalue weighted by Gasteiger charge is 2.46. The molecule has 0 atom stereocenters. The number of aryl methyl sites for hydroxylation is 2. The Labute approximate surface area is 168 Å². The van der Waals surface area contributed by atoms with Gasteiger partial charge in [-0.3, -0.25) is 4.72 Å². The number of nitrogens with one attached hydrogen (secondary N) is 1. The Hall–Kier alpha value is -2.76. The van der Waals surface area contributed by atoms with E-state index in [-0.39, 0.29) is 17.9 Å². The highest BCUT2D eigenvalue weighted by Crippen LogP contribution is 2.30. The number of oxime groups is 1. The molecule has 0 aromatic heterocycles. The molecule has 0 radical (unpaired) electrons. The summed E-state index contributed by atoms with van der Waals surface area (Å²) in [5, 5.41) is 3.58. The number of alkyl halides is 6. The largest absolute Gasteiger partial charge is 0.516 e. The summed E-state index contributed by atoms with van der Waals surface area (Å²) in [4.78, 5) is 5.01. The van der Waals surface area contributed by atoms with Crippen LogP contribution in [0.25, 0.3) is 0 Å². The van der Waals surface area contributed by atoms with Crippen LogP contribution in [-0.2, 0) is 27.6 Å². The molecule has 0 spiro atoms. The molecule has 1 N–H and O–H groups in total. The van der Waals surface area contributed by atoms with Crippen LogP contribution in [0, 0.1) is 13.8 Å². The molecule has 2 aromatic rings. The van der Waals surface area contributed by atoms with Crippen molar-refractivity contribution in [2.75, 3.05) is 4.72 Å². The number of benzene rings is 2. The highest BCUT2D eigenvalue weighted by atomic mass is 32.2. The van der Waals surface area contributed by atoms with E-state index in [1.165, 1.54) is 29.8 Å². The van der Waals surface area contributed by atoms with Gasteiger partial charge in [0.05, 0.1) is 17.5 Å². The molecule has 0 fully saturated rings. The van der Waals surface area contributed by atoms with Crippen molar-refractivity contribution in [1.29, 1.82) is 0 Å². The minimum absolute atomic E-state index is 0.00645. The summed E-state index contributed by atoms with van der Waals surface area (Å²) < 4.78 is 99.9. The molecule has 0 bridgehead atoms. The normalized spacial score (nSPS) is 12.9. The van der Waals surface area contributed by atoms with E-state index < -0.39 is 27.3 Å². The van der Waals surface area contributed by atoms with Gasteiger partial charge in [0.1, 0.15) is 6.61 Å². The van der Waals surface area contributed by atoms with E-state index >= 15 is 0 Å². The zero-order valence-corrected chi connectivity index (χ0v) is 16.4. The SMILES string of the molecule is Cc1ccc(NS(=O)(=O)C(F)(F)F)c(/C=N/OCc2ccc(C(F)(F)F)cc2C)c1. The lowest BCUT2D eigenvalue weighted by Gasteiger charge is -2.13. The van der Waals surface area contributed by atoms with Gasteiger partial charge in [0.2, 0.25) is 0 Å². The van der Waals surface area contributed by atoms with Crippen molar-refractivity contribution in [3.8, 4) is 0 Å². The molecule has 0 aliphatic rings. The van der Waals surface area contributed by atoms with E-state index in [1.807, 2.05) is 0 Å². The predicted octanol–water partition coefficient (Wildman–Crippen LogP) is 5.13. The number of halogens is 6. The van der Waals surface area contributed by atoms with Gasteiger partial charge in [0.15, 0.2) is 0 Å². The fourth-order valence-electron chi connectivity index (χ4n) is 2.32. The molecule has 0 aliphatic carbocycles. The molecule has 12 heteroatoms. The molecule has 164 valence electrons. The number of sulfonamides is 1. The van der Waals surface area contributed by atoms with Crippen LogP contribution in [0.15, 0.2) is 41.6 Å². The molecule has 30 heavy (non-hydrogen) atoms. The van der Waals surface area contributed by atoms with Crippen molar-refractivity contribution in [3.05, 3.63) is 64.2 Å². The Bertz CT molecular complexity index is 1050. The molecule has 2 rings (SSSR count). The van der Waals surface area contributed by atoms with E-state index in [1.54, 1.807) is 6.92 Å². The van der Waals surface area contributed by atoms with Gasteiger partial charge in [-0.25, -0.2) is 0 Å². The van der Waals surface area contributed by atoms with Crippen LogP contribution in [0.5, 0.6) is 0 Å². The zero-order chi connectivity index (χ0) is 22.7.